The minimum Gasteiger partial charge on any atom is -0.368 e. The van der Waals surface area contributed by atoms with Crippen molar-refractivity contribution in [2.45, 2.75) is 44.7 Å². The Balaban J connectivity index is 1.82. The van der Waals surface area contributed by atoms with Gasteiger partial charge in [-0.15, -0.1) is 0 Å². The molecule has 0 radical (unpaired) electrons. The topological polar surface area (TPSA) is 121 Å². The van der Waals surface area contributed by atoms with E-state index < -0.39 is 0 Å². The van der Waals surface area contributed by atoms with Crippen molar-refractivity contribution in [1.29, 1.82) is 5.26 Å². The number of nitriles is 1. The Morgan fingerprint density at radius 2 is 2.29 bits per heavy atom. The van der Waals surface area contributed by atoms with Gasteiger partial charge in [0.1, 0.15) is 12.3 Å². The Kier molecular flexibility index (Phi) is 4.55. The van der Waals surface area contributed by atoms with Gasteiger partial charge in [0.25, 0.3) is 5.91 Å². The Morgan fingerprint density at radius 1 is 1.50 bits per heavy atom. The molecule has 1 aliphatic carbocycles. The highest BCUT2D eigenvalue weighted by molar-refractivity contribution is 6.04. The number of aromatic nitrogens is 2. The van der Waals surface area contributed by atoms with E-state index in [1.807, 2.05) is 13.8 Å². The van der Waals surface area contributed by atoms with Gasteiger partial charge >= 0.3 is 0 Å². The number of rotatable bonds is 5. The highest BCUT2D eigenvalue weighted by Gasteiger charge is 2.36. The molecule has 2 aliphatic rings. The van der Waals surface area contributed by atoms with Crippen molar-refractivity contribution in [2.75, 3.05) is 18.0 Å². The van der Waals surface area contributed by atoms with Gasteiger partial charge in [-0.2, -0.15) is 5.26 Å². The highest BCUT2D eigenvalue weighted by atomic mass is 16.5. The molecule has 28 heavy (non-hydrogen) atoms. The van der Waals surface area contributed by atoms with Crippen LogP contribution >= 0.6 is 0 Å². The average molecular weight is 380 g/mol. The van der Waals surface area contributed by atoms with E-state index in [-0.39, 0.29) is 23.2 Å². The zero-order valence-corrected chi connectivity index (χ0v) is 16.1. The van der Waals surface area contributed by atoms with Gasteiger partial charge in [-0.1, -0.05) is 5.16 Å². The smallest absolute Gasteiger partial charge is 0.255 e. The van der Waals surface area contributed by atoms with Gasteiger partial charge < -0.3 is 20.5 Å². The summed E-state index contributed by atoms with van der Waals surface area (Å²) in [5.41, 5.74) is 8.51. The second kappa shape index (κ2) is 6.91. The van der Waals surface area contributed by atoms with Crippen LogP contribution in [0.15, 0.2) is 23.2 Å². The molecule has 1 saturated carbocycles. The molecule has 8 heteroatoms. The maximum absolute atomic E-state index is 13.1. The zero-order valence-electron chi connectivity index (χ0n) is 16.1. The summed E-state index contributed by atoms with van der Waals surface area (Å²) in [4.78, 5) is 19.4. The third-order valence-corrected chi connectivity index (χ3v) is 5.63. The summed E-state index contributed by atoms with van der Waals surface area (Å²) in [5, 5.41) is 16.5. The number of pyridine rings is 1. The first-order chi connectivity index (χ1) is 13.4. The molecule has 4 rings (SSSR count). The molecule has 3 heterocycles. The third-order valence-electron chi connectivity index (χ3n) is 5.63. The van der Waals surface area contributed by atoms with E-state index in [1.165, 1.54) is 18.7 Å². The lowest BCUT2D eigenvalue weighted by Crippen LogP contribution is -2.40. The van der Waals surface area contributed by atoms with Crippen LogP contribution in [0.1, 0.15) is 49.2 Å². The predicted octanol–water partition coefficient (Wildman–Crippen LogP) is 2.06. The molecular formula is C20H24N6O2. The first-order valence-electron chi connectivity index (χ1n) is 9.57. The molecule has 1 amide bonds. The molecule has 0 aromatic carbocycles. The van der Waals surface area contributed by atoms with Gasteiger partial charge in [0.05, 0.1) is 17.4 Å². The van der Waals surface area contributed by atoms with Crippen LogP contribution in [0.5, 0.6) is 0 Å². The van der Waals surface area contributed by atoms with E-state index in [2.05, 4.69) is 26.4 Å². The molecule has 0 spiro atoms. The van der Waals surface area contributed by atoms with Crippen LogP contribution in [0.25, 0.3) is 11.1 Å². The van der Waals surface area contributed by atoms with Crippen molar-refractivity contribution in [3.05, 3.63) is 29.9 Å². The number of nitrogens with one attached hydrogen (secondary N) is 1. The normalized spacial score (nSPS) is 22.7. The first-order valence-corrected chi connectivity index (χ1v) is 9.57. The number of nitrogens with two attached hydrogens (primary N) is 1. The number of anilines is 1. The second-order valence-electron chi connectivity index (χ2n) is 8.19. The molecule has 2 aromatic heterocycles. The molecule has 8 nitrogen and oxygen atoms in total. The maximum Gasteiger partial charge on any atom is 0.255 e. The largest absolute Gasteiger partial charge is 0.368 e. The number of nitrogens with zero attached hydrogens (tertiary/aromatic N) is 4. The highest BCUT2D eigenvalue weighted by Crippen LogP contribution is 2.39. The monoisotopic (exact) mass is 380 g/mol. The van der Waals surface area contributed by atoms with Gasteiger partial charge in [0.2, 0.25) is 0 Å². The minimum absolute atomic E-state index is 0.105. The van der Waals surface area contributed by atoms with Crippen molar-refractivity contribution >= 4 is 11.6 Å². The van der Waals surface area contributed by atoms with E-state index in [1.54, 1.807) is 0 Å². The number of amides is 1. The van der Waals surface area contributed by atoms with Crippen molar-refractivity contribution in [3.8, 4) is 17.2 Å². The fraction of sp³-hybridized carbons (Fsp3) is 0.500. The van der Waals surface area contributed by atoms with Crippen molar-refractivity contribution in [2.24, 2.45) is 11.7 Å². The summed E-state index contributed by atoms with van der Waals surface area (Å²) in [6.45, 7) is 5.30. The van der Waals surface area contributed by atoms with Crippen LogP contribution in [0.2, 0.25) is 0 Å². The lowest BCUT2D eigenvalue weighted by molar-refractivity contribution is 0.0936. The zero-order chi connectivity index (χ0) is 19.9. The van der Waals surface area contributed by atoms with Gasteiger partial charge in [-0.25, -0.2) is 4.98 Å². The number of hydrogen-bond acceptors (Lipinski definition) is 7. The molecule has 146 valence electrons. The molecule has 2 fully saturated rings. The van der Waals surface area contributed by atoms with E-state index in [4.69, 9.17) is 10.3 Å². The summed E-state index contributed by atoms with van der Waals surface area (Å²) in [6, 6.07) is 2.24. The first kappa shape index (κ1) is 18.4. The SMILES string of the molecule is C[C@H](NC(=O)c1cnc(C#N)c(-c2cnoc2)c1N1CC[C@](C)(N)C1)C1CC1. The maximum atomic E-state index is 13.1. The van der Waals surface area contributed by atoms with Crippen LogP contribution < -0.4 is 16.0 Å². The molecule has 2 atom stereocenters. The van der Waals surface area contributed by atoms with Gasteiger partial charge in [-0.3, -0.25) is 4.79 Å². The predicted molar refractivity (Wildman–Crippen MR) is 104 cm³/mol. The van der Waals surface area contributed by atoms with Crippen LogP contribution in [0.4, 0.5) is 5.69 Å². The lowest BCUT2D eigenvalue weighted by atomic mass is 10.00. The van der Waals surface area contributed by atoms with Crippen molar-refractivity contribution in [3.63, 3.8) is 0 Å². The second-order valence-corrected chi connectivity index (χ2v) is 8.19. The summed E-state index contributed by atoms with van der Waals surface area (Å²) in [7, 11) is 0. The van der Waals surface area contributed by atoms with Crippen molar-refractivity contribution in [1.82, 2.24) is 15.5 Å². The molecule has 1 aliphatic heterocycles. The Bertz CT molecular complexity index is 927. The Morgan fingerprint density at radius 3 is 2.86 bits per heavy atom. The summed E-state index contributed by atoms with van der Waals surface area (Å²) >= 11 is 0. The fourth-order valence-electron chi connectivity index (χ4n) is 3.86. The third kappa shape index (κ3) is 3.45. The fourth-order valence-corrected chi connectivity index (χ4v) is 3.86. The number of hydrogen-bond donors (Lipinski definition) is 2. The summed E-state index contributed by atoms with van der Waals surface area (Å²) in [5.74, 6) is 0.352. The quantitative estimate of drug-likeness (QED) is 0.814. The van der Waals surface area contributed by atoms with Crippen molar-refractivity contribution < 1.29 is 9.32 Å². The van der Waals surface area contributed by atoms with E-state index in [0.29, 0.717) is 41.4 Å². The molecule has 2 aromatic rings. The van der Waals surface area contributed by atoms with Gasteiger partial charge in [-0.05, 0) is 39.0 Å². The molecule has 0 bridgehead atoms. The standard InChI is InChI=1S/C20H24N6O2/c1-12(13-3-4-13)25-19(27)15-9-23-16(7-21)17(14-8-24-28-10-14)18(15)26-6-5-20(2,22)11-26/h8-10,12-13H,3-6,11,22H2,1-2H3,(H,25,27)/t12-,20-/m0/s1. The minimum atomic E-state index is -0.364. The van der Waals surface area contributed by atoms with Crippen LogP contribution in [0.3, 0.4) is 0 Å². The number of carbonyl (C=O) groups excluding carboxylic acids is 1. The van der Waals surface area contributed by atoms with Crippen LogP contribution in [-0.4, -0.2) is 40.7 Å². The van der Waals surface area contributed by atoms with E-state index in [0.717, 1.165) is 19.3 Å². The Hall–Kier alpha value is -2.92. The summed E-state index contributed by atoms with van der Waals surface area (Å²) in [6.07, 6.45) is 7.57. The number of carbonyl (C=O) groups is 1. The summed E-state index contributed by atoms with van der Waals surface area (Å²) < 4.78 is 5.00. The molecular weight excluding hydrogens is 356 g/mol. The average Bonchev–Trinajstić information content (AvgIpc) is 3.26. The van der Waals surface area contributed by atoms with Gasteiger partial charge in [0, 0.05) is 42.0 Å². The molecule has 0 unspecified atom stereocenters. The Labute approximate surface area is 163 Å². The van der Waals surface area contributed by atoms with E-state index in [9.17, 15) is 10.1 Å². The molecule has 1 saturated heterocycles. The lowest BCUT2D eigenvalue weighted by Gasteiger charge is -2.27. The van der Waals surface area contributed by atoms with Crippen LogP contribution in [0, 0.1) is 17.2 Å². The van der Waals surface area contributed by atoms with Crippen LogP contribution in [-0.2, 0) is 0 Å². The molecule has 3 N–H and O–H groups in total. The van der Waals surface area contributed by atoms with E-state index >= 15 is 0 Å². The van der Waals surface area contributed by atoms with Gasteiger partial charge in [0.15, 0.2) is 5.69 Å².